The number of aromatic nitrogens is 2. The molecule has 2 fully saturated rings. The van der Waals surface area contributed by atoms with Gasteiger partial charge in [0.25, 0.3) is 5.56 Å². The lowest BCUT2D eigenvalue weighted by molar-refractivity contribution is 0.126. The average Bonchev–Trinajstić information content (AvgIpc) is 2.51. The molecule has 0 aromatic carbocycles. The summed E-state index contributed by atoms with van der Waals surface area (Å²) in [6, 6.07) is 4.08. The number of nitrogens with zero attached hydrogens (tertiary/aromatic N) is 2. The first-order valence-corrected chi connectivity index (χ1v) is 7.14. The predicted octanol–water partition coefficient (Wildman–Crippen LogP) is 2.17. The van der Waals surface area contributed by atoms with Crippen molar-refractivity contribution in [2.75, 3.05) is 6.54 Å². The van der Waals surface area contributed by atoms with Gasteiger partial charge in [0.1, 0.15) is 0 Å². The molecule has 2 heterocycles. The lowest BCUT2D eigenvalue weighted by Crippen LogP contribution is -2.34. The van der Waals surface area contributed by atoms with Crippen molar-refractivity contribution in [1.29, 1.82) is 0 Å². The maximum atomic E-state index is 11.0. The maximum absolute atomic E-state index is 11.0. The number of H-pyrrole nitrogens is 1. The predicted molar refractivity (Wildman–Crippen MR) is 74.8 cm³/mol. The van der Waals surface area contributed by atoms with Crippen LogP contribution in [0.4, 0.5) is 0 Å². The van der Waals surface area contributed by atoms with Gasteiger partial charge in [-0.2, -0.15) is 5.10 Å². The summed E-state index contributed by atoms with van der Waals surface area (Å²) in [6.07, 6.45) is 3.89. The second-order valence-corrected chi connectivity index (χ2v) is 7.53. The normalized spacial score (nSPS) is 33.5. The molecule has 1 aliphatic heterocycles. The molecule has 19 heavy (non-hydrogen) atoms. The van der Waals surface area contributed by atoms with Crippen molar-refractivity contribution < 1.29 is 0 Å². The summed E-state index contributed by atoms with van der Waals surface area (Å²) in [7, 11) is 0. The number of likely N-dealkylation sites (tertiary alicyclic amines) is 1. The van der Waals surface area contributed by atoms with Crippen LogP contribution in [0, 0.1) is 10.8 Å². The van der Waals surface area contributed by atoms with Gasteiger partial charge < -0.3 is 0 Å². The molecular weight excluding hydrogens is 238 g/mol. The minimum atomic E-state index is -0.128. The van der Waals surface area contributed by atoms with Gasteiger partial charge in [-0.05, 0) is 36.2 Å². The molecule has 3 rings (SSSR count). The fraction of sp³-hybridized carbons (Fsp3) is 0.733. The summed E-state index contributed by atoms with van der Waals surface area (Å²) in [5.74, 6) is 0. The van der Waals surface area contributed by atoms with Crippen molar-refractivity contribution in [1.82, 2.24) is 15.1 Å². The van der Waals surface area contributed by atoms with Gasteiger partial charge in [0.15, 0.2) is 0 Å². The Balaban J connectivity index is 1.77. The molecule has 2 unspecified atom stereocenters. The number of fused-ring (bicyclic) bond motifs is 2. The molecular formula is C15H23N3O. The van der Waals surface area contributed by atoms with E-state index in [0.717, 1.165) is 18.8 Å². The average molecular weight is 261 g/mol. The molecule has 2 aliphatic rings. The lowest BCUT2D eigenvalue weighted by atomic mass is 9.65. The molecule has 1 aliphatic carbocycles. The van der Waals surface area contributed by atoms with Crippen LogP contribution >= 0.6 is 0 Å². The summed E-state index contributed by atoms with van der Waals surface area (Å²) in [5, 5.41) is 6.66. The third kappa shape index (κ3) is 2.59. The molecule has 1 saturated carbocycles. The van der Waals surface area contributed by atoms with Crippen LogP contribution in [-0.2, 0) is 6.54 Å². The smallest absolute Gasteiger partial charge is 0.264 e. The summed E-state index contributed by atoms with van der Waals surface area (Å²) >= 11 is 0. The molecule has 104 valence electrons. The van der Waals surface area contributed by atoms with E-state index in [4.69, 9.17) is 0 Å². The number of hydrogen-bond donors (Lipinski definition) is 1. The van der Waals surface area contributed by atoms with E-state index in [1.165, 1.54) is 19.3 Å². The summed E-state index contributed by atoms with van der Waals surface area (Å²) < 4.78 is 0. The highest BCUT2D eigenvalue weighted by atomic mass is 16.1. The molecule has 1 saturated heterocycles. The first-order chi connectivity index (χ1) is 8.85. The first-order valence-electron chi connectivity index (χ1n) is 7.14. The monoisotopic (exact) mass is 261 g/mol. The highest BCUT2D eigenvalue weighted by Gasteiger charge is 2.49. The van der Waals surface area contributed by atoms with Crippen LogP contribution in [0.5, 0.6) is 0 Å². The minimum absolute atomic E-state index is 0.128. The van der Waals surface area contributed by atoms with E-state index < -0.39 is 0 Å². The molecule has 4 nitrogen and oxygen atoms in total. The number of rotatable bonds is 2. The molecule has 1 aromatic rings. The summed E-state index contributed by atoms with van der Waals surface area (Å²) in [4.78, 5) is 13.6. The van der Waals surface area contributed by atoms with E-state index in [1.807, 2.05) is 6.07 Å². The minimum Gasteiger partial charge on any atom is -0.294 e. The largest absolute Gasteiger partial charge is 0.294 e. The van der Waals surface area contributed by atoms with Gasteiger partial charge in [0.2, 0.25) is 0 Å². The van der Waals surface area contributed by atoms with Crippen LogP contribution in [0.1, 0.15) is 45.7 Å². The molecule has 0 spiro atoms. The van der Waals surface area contributed by atoms with Crippen molar-refractivity contribution in [2.24, 2.45) is 10.8 Å². The zero-order valence-electron chi connectivity index (χ0n) is 12.1. The Morgan fingerprint density at radius 3 is 2.84 bits per heavy atom. The Bertz CT molecular complexity index is 516. The van der Waals surface area contributed by atoms with E-state index in [9.17, 15) is 4.79 Å². The molecule has 2 atom stereocenters. The second kappa shape index (κ2) is 4.17. The summed E-state index contributed by atoms with van der Waals surface area (Å²) in [5.41, 5.74) is 1.74. The topological polar surface area (TPSA) is 49.0 Å². The first kappa shape index (κ1) is 12.9. The Morgan fingerprint density at radius 2 is 2.16 bits per heavy atom. The van der Waals surface area contributed by atoms with Gasteiger partial charge in [-0.25, -0.2) is 5.10 Å². The third-order valence-corrected chi connectivity index (χ3v) is 4.63. The third-order valence-electron chi connectivity index (χ3n) is 4.63. The van der Waals surface area contributed by atoms with Crippen LogP contribution in [0.2, 0.25) is 0 Å². The highest BCUT2D eigenvalue weighted by Crippen LogP contribution is 2.52. The Labute approximate surface area is 114 Å². The van der Waals surface area contributed by atoms with Crippen LogP contribution < -0.4 is 5.56 Å². The van der Waals surface area contributed by atoms with Crippen molar-refractivity contribution in [3.05, 3.63) is 28.2 Å². The number of hydrogen-bond acceptors (Lipinski definition) is 3. The van der Waals surface area contributed by atoms with Gasteiger partial charge in [-0.1, -0.05) is 20.8 Å². The van der Waals surface area contributed by atoms with E-state index in [2.05, 4.69) is 35.9 Å². The van der Waals surface area contributed by atoms with E-state index in [0.29, 0.717) is 16.9 Å². The molecule has 1 N–H and O–H groups in total. The Morgan fingerprint density at radius 1 is 1.37 bits per heavy atom. The SMILES string of the molecule is CC1(C)CC2CC(C)(CN2Cc2ccc(=O)[nH]n2)C1. The van der Waals surface area contributed by atoms with Crippen molar-refractivity contribution >= 4 is 0 Å². The van der Waals surface area contributed by atoms with Gasteiger partial charge in [0.05, 0.1) is 5.69 Å². The lowest BCUT2D eigenvalue weighted by Gasteiger charge is -2.39. The molecule has 0 radical (unpaired) electrons. The van der Waals surface area contributed by atoms with Crippen molar-refractivity contribution in [3.63, 3.8) is 0 Å². The van der Waals surface area contributed by atoms with Gasteiger partial charge >= 0.3 is 0 Å². The zero-order chi connectivity index (χ0) is 13.7. The van der Waals surface area contributed by atoms with E-state index in [1.54, 1.807) is 6.07 Å². The fourth-order valence-electron chi connectivity index (χ4n) is 4.43. The quantitative estimate of drug-likeness (QED) is 0.887. The van der Waals surface area contributed by atoms with Crippen molar-refractivity contribution in [2.45, 2.75) is 52.6 Å². The van der Waals surface area contributed by atoms with Gasteiger partial charge in [0, 0.05) is 25.2 Å². The summed E-state index contributed by atoms with van der Waals surface area (Å²) in [6.45, 7) is 9.20. The molecule has 0 amide bonds. The standard InChI is InChI=1S/C15H23N3O/c1-14(2)6-12-7-15(3,9-14)10-18(12)8-11-4-5-13(19)17-16-11/h4-5,12H,6-10H2,1-3H3,(H,17,19). The molecule has 2 bridgehead atoms. The van der Waals surface area contributed by atoms with Gasteiger partial charge in [-0.3, -0.25) is 9.69 Å². The number of nitrogens with one attached hydrogen (secondary N) is 1. The molecule has 1 aromatic heterocycles. The molecule has 4 heteroatoms. The van der Waals surface area contributed by atoms with Gasteiger partial charge in [-0.15, -0.1) is 0 Å². The fourth-order valence-corrected chi connectivity index (χ4v) is 4.43. The Kier molecular flexibility index (Phi) is 2.82. The maximum Gasteiger partial charge on any atom is 0.264 e. The number of aromatic amines is 1. The zero-order valence-corrected chi connectivity index (χ0v) is 12.1. The van der Waals surface area contributed by atoms with Crippen LogP contribution in [0.25, 0.3) is 0 Å². The Hall–Kier alpha value is -1.16. The van der Waals surface area contributed by atoms with Crippen LogP contribution in [0.3, 0.4) is 0 Å². The van der Waals surface area contributed by atoms with E-state index >= 15 is 0 Å². The van der Waals surface area contributed by atoms with E-state index in [-0.39, 0.29) is 5.56 Å². The highest BCUT2D eigenvalue weighted by molar-refractivity contribution is 5.06. The van der Waals surface area contributed by atoms with Crippen LogP contribution in [0.15, 0.2) is 16.9 Å². The van der Waals surface area contributed by atoms with Crippen molar-refractivity contribution in [3.8, 4) is 0 Å². The van der Waals surface area contributed by atoms with Crippen LogP contribution in [-0.4, -0.2) is 27.7 Å². The second-order valence-electron chi connectivity index (χ2n) is 7.53.